The largest absolute Gasteiger partial charge is 0.456 e. The molecule has 1 aliphatic heterocycles. The Hall–Kier alpha value is -2.68. The first-order valence-electron chi connectivity index (χ1n) is 8.06. The van der Waals surface area contributed by atoms with E-state index >= 15 is 0 Å². The maximum atomic E-state index is 12.9. The number of hydrogen-bond acceptors (Lipinski definition) is 6. The van der Waals surface area contributed by atoms with Gasteiger partial charge in [0.2, 0.25) is 16.0 Å². The van der Waals surface area contributed by atoms with E-state index in [-0.39, 0.29) is 23.9 Å². The molecule has 0 saturated carbocycles. The highest BCUT2D eigenvalue weighted by Gasteiger charge is 2.31. The number of benzene rings is 2. The molecule has 2 N–H and O–H groups in total. The number of hydrogen-bond donors (Lipinski definition) is 1. The molecule has 1 aliphatic rings. The Labute approximate surface area is 161 Å². The summed E-state index contributed by atoms with van der Waals surface area (Å²) in [5.74, 6) is 1.13. The lowest BCUT2D eigenvalue weighted by molar-refractivity contribution is 0.429. The zero-order valence-electron chi connectivity index (χ0n) is 14.0. The van der Waals surface area contributed by atoms with E-state index in [2.05, 4.69) is 9.97 Å². The molecular weight excluding hydrogens is 388 g/mol. The van der Waals surface area contributed by atoms with Crippen LogP contribution < -0.4 is 10.5 Å². The summed E-state index contributed by atoms with van der Waals surface area (Å²) >= 11 is 6.07. The minimum atomic E-state index is -3.67. The topological polar surface area (TPSA) is 98.4 Å². The Morgan fingerprint density at radius 3 is 2.56 bits per heavy atom. The van der Waals surface area contributed by atoms with Crippen LogP contribution in [0.25, 0.3) is 0 Å². The van der Waals surface area contributed by atoms with Gasteiger partial charge < -0.3 is 10.5 Å². The highest BCUT2D eigenvalue weighted by Crippen LogP contribution is 2.31. The zero-order valence-corrected chi connectivity index (χ0v) is 15.6. The minimum Gasteiger partial charge on any atom is -0.456 e. The van der Waals surface area contributed by atoms with Crippen LogP contribution in [0.2, 0.25) is 5.02 Å². The zero-order chi connectivity index (χ0) is 19.0. The number of para-hydroxylation sites is 1. The molecule has 1 aromatic heterocycles. The third-order valence-corrected chi connectivity index (χ3v) is 6.29. The van der Waals surface area contributed by atoms with Crippen LogP contribution in [0.1, 0.15) is 11.3 Å². The fourth-order valence-corrected chi connectivity index (χ4v) is 4.35. The Morgan fingerprint density at radius 2 is 1.81 bits per heavy atom. The standard InChI is InChI=1S/C18H15ClN4O3S/c19-15-3-1-2-4-17(15)26-13-5-7-14(8-6-13)27(24,25)23-10-12-9-21-18(20)22-16(12)11-23/h1-9H,10-11H2,(H2,20,21,22). The van der Waals surface area contributed by atoms with Gasteiger partial charge in [-0.1, -0.05) is 23.7 Å². The van der Waals surface area contributed by atoms with Crippen LogP contribution in [0.3, 0.4) is 0 Å². The lowest BCUT2D eigenvalue weighted by Crippen LogP contribution is -2.25. The second kappa shape index (κ2) is 6.80. The summed E-state index contributed by atoms with van der Waals surface area (Å²) in [6.07, 6.45) is 1.56. The molecule has 138 valence electrons. The van der Waals surface area contributed by atoms with E-state index in [4.69, 9.17) is 22.1 Å². The van der Waals surface area contributed by atoms with Gasteiger partial charge in [0, 0.05) is 18.3 Å². The van der Waals surface area contributed by atoms with Crippen LogP contribution in [-0.4, -0.2) is 22.7 Å². The number of rotatable bonds is 4. The molecule has 0 bridgehead atoms. The van der Waals surface area contributed by atoms with Crippen molar-refractivity contribution in [2.75, 3.05) is 5.73 Å². The Kier molecular flexibility index (Phi) is 4.47. The van der Waals surface area contributed by atoms with Crippen LogP contribution in [0.15, 0.2) is 59.6 Å². The van der Waals surface area contributed by atoms with Crippen LogP contribution in [0, 0.1) is 0 Å². The molecule has 27 heavy (non-hydrogen) atoms. The monoisotopic (exact) mass is 402 g/mol. The predicted octanol–water partition coefficient (Wildman–Crippen LogP) is 3.21. The van der Waals surface area contributed by atoms with Crippen LogP contribution in [0.4, 0.5) is 5.95 Å². The van der Waals surface area contributed by atoms with E-state index in [1.807, 2.05) is 0 Å². The lowest BCUT2D eigenvalue weighted by Gasteiger charge is -2.15. The smallest absolute Gasteiger partial charge is 0.243 e. The number of ether oxygens (including phenoxy) is 1. The second-order valence-corrected chi connectivity index (χ2v) is 8.32. The number of anilines is 1. The van der Waals surface area contributed by atoms with Gasteiger partial charge in [-0.2, -0.15) is 4.31 Å². The molecule has 0 unspecified atom stereocenters. The molecule has 4 rings (SSSR count). The van der Waals surface area contributed by atoms with Gasteiger partial charge in [-0.05, 0) is 36.4 Å². The summed E-state index contributed by atoms with van der Waals surface area (Å²) in [4.78, 5) is 8.19. The molecule has 7 nitrogen and oxygen atoms in total. The second-order valence-electron chi connectivity index (χ2n) is 5.98. The van der Waals surface area contributed by atoms with Gasteiger partial charge >= 0.3 is 0 Å². The number of fused-ring (bicyclic) bond motifs is 1. The van der Waals surface area contributed by atoms with Crippen LogP contribution in [-0.2, 0) is 23.1 Å². The molecule has 0 amide bonds. The maximum Gasteiger partial charge on any atom is 0.243 e. The minimum absolute atomic E-state index is 0.133. The molecule has 2 aromatic carbocycles. The summed E-state index contributed by atoms with van der Waals surface area (Å²) in [7, 11) is -3.67. The average Bonchev–Trinajstić information content (AvgIpc) is 3.08. The summed E-state index contributed by atoms with van der Waals surface area (Å²) < 4.78 is 32.8. The molecule has 0 saturated heterocycles. The van der Waals surface area contributed by atoms with Gasteiger partial charge in [0.15, 0.2) is 0 Å². The molecule has 2 heterocycles. The van der Waals surface area contributed by atoms with Crippen molar-refractivity contribution in [3.63, 3.8) is 0 Å². The van der Waals surface area contributed by atoms with Crippen LogP contribution >= 0.6 is 11.6 Å². The fraction of sp³-hybridized carbons (Fsp3) is 0.111. The van der Waals surface area contributed by atoms with Crippen LogP contribution in [0.5, 0.6) is 11.5 Å². The van der Waals surface area contributed by atoms with Gasteiger partial charge in [-0.3, -0.25) is 0 Å². The molecular formula is C18H15ClN4O3S. The predicted molar refractivity (Wildman–Crippen MR) is 101 cm³/mol. The van der Waals surface area contributed by atoms with E-state index in [0.29, 0.717) is 22.2 Å². The number of halogens is 1. The maximum absolute atomic E-state index is 12.9. The Balaban J connectivity index is 1.54. The number of sulfonamides is 1. The number of aromatic nitrogens is 2. The first kappa shape index (κ1) is 17.7. The quantitative estimate of drug-likeness (QED) is 0.719. The van der Waals surface area contributed by atoms with Crippen molar-refractivity contribution < 1.29 is 13.2 Å². The van der Waals surface area contributed by atoms with E-state index < -0.39 is 10.0 Å². The third kappa shape index (κ3) is 3.46. The van der Waals surface area contributed by atoms with Gasteiger partial charge in [-0.15, -0.1) is 0 Å². The SMILES string of the molecule is Nc1ncc2c(n1)CN(S(=O)(=O)c1ccc(Oc3ccccc3Cl)cc1)C2. The summed E-state index contributed by atoms with van der Waals surface area (Å²) in [5, 5.41) is 0.476. The molecule has 0 aliphatic carbocycles. The van der Waals surface area contributed by atoms with Crippen molar-refractivity contribution in [2.24, 2.45) is 0 Å². The molecule has 0 spiro atoms. The van der Waals surface area contributed by atoms with Crippen molar-refractivity contribution >= 4 is 27.6 Å². The van der Waals surface area contributed by atoms with Gasteiger partial charge in [0.1, 0.15) is 11.5 Å². The van der Waals surface area contributed by atoms with Gasteiger partial charge in [0.05, 0.1) is 22.2 Å². The third-order valence-electron chi connectivity index (χ3n) is 4.17. The first-order valence-corrected chi connectivity index (χ1v) is 9.88. The van der Waals surface area contributed by atoms with E-state index in [9.17, 15) is 8.42 Å². The summed E-state index contributed by atoms with van der Waals surface area (Å²) in [5.41, 5.74) is 6.96. The number of nitrogens with two attached hydrogens (primary N) is 1. The Bertz CT molecular complexity index is 1100. The molecule has 9 heteroatoms. The molecule has 0 fully saturated rings. The van der Waals surface area contributed by atoms with E-state index in [1.54, 1.807) is 42.6 Å². The lowest BCUT2D eigenvalue weighted by atomic mass is 10.3. The van der Waals surface area contributed by atoms with E-state index in [1.165, 1.54) is 16.4 Å². The highest BCUT2D eigenvalue weighted by molar-refractivity contribution is 7.89. The van der Waals surface area contributed by atoms with Crippen molar-refractivity contribution in [2.45, 2.75) is 18.0 Å². The van der Waals surface area contributed by atoms with E-state index in [0.717, 1.165) is 5.56 Å². The van der Waals surface area contributed by atoms with Crippen molar-refractivity contribution in [1.82, 2.24) is 14.3 Å². The highest BCUT2D eigenvalue weighted by atomic mass is 35.5. The number of nitrogens with zero attached hydrogens (tertiary/aromatic N) is 3. The molecule has 0 atom stereocenters. The fourth-order valence-electron chi connectivity index (χ4n) is 2.79. The van der Waals surface area contributed by atoms with Gasteiger partial charge in [0.25, 0.3) is 0 Å². The molecule has 0 radical (unpaired) electrons. The van der Waals surface area contributed by atoms with Crippen molar-refractivity contribution in [3.8, 4) is 11.5 Å². The normalized spacial score (nSPS) is 14.1. The Morgan fingerprint density at radius 1 is 1.07 bits per heavy atom. The summed E-state index contributed by atoms with van der Waals surface area (Å²) in [6, 6.07) is 13.3. The van der Waals surface area contributed by atoms with Crippen molar-refractivity contribution in [3.05, 3.63) is 71.0 Å². The van der Waals surface area contributed by atoms with Crippen molar-refractivity contribution in [1.29, 1.82) is 0 Å². The average molecular weight is 403 g/mol. The first-order chi connectivity index (χ1) is 12.9. The number of nitrogen functional groups attached to an aromatic ring is 1. The van der Waals surface area contributed by atoms with Gasteiger partial charge in [-0.25, -0.2) is 18.4 Å². The summed E-state index contributed by atoms with van der Waals surface area (Å²) in [6.45, 7) is 0.387. The molecule has 3 aromatic rings.